The summed E-state index contributed by atoms with van der Waals surface area (Å²) in [6.07, 6.45) is 1.39. The van der Waals surface area contributed by atoms with Gasteiger partial charge in [0.15, 0.2) is 0 Å². The van der Waals surface area contributed by atoms with E-state index in [0.717, 1.165) is 10.2 Å². The van der Waals surface area contributed by atoms with Crippen LogP contribution < -0.4 is 4.74 Å². The maximum absolute atomic E-state index is 12.0. The standard InChI is InChI=1S/C14H10ClN3O3S/c15-9-2-1-3-11-12(9)17-14(22-11)20-8-6-18(7-8)13(19)10-4-5-16-21-10/h1-5,8H,6-7H2. The zero-order valence-electron chi connectivity index (χ0n) is 11.2. The third-order valence-corrected chi connectivity index (χ3v) is 4.62. The molecule has 8 heteroatoms. The Bertz CT molecular complexity index is 827. The molecule has 1 fully saturated rings. The van der Waals surface area contributed by atoms with E-state index >= 15 is 0 Å². The molecule has 1 aromatic carbocycles. The van der Waals surface area contributed by atoms with Crippen LogP contribution in [-0.4, -0.2) is 40.1 Å². The Labute approximate surface area is 134 Å². The second kappa shape index (κ2) is 5.26. The SMILES string of the molecule is O=C(c1ccno1)N1CC(Oc2nc3c(Cl)cccc3s2)C1. The van der Waals surface area contributed by atoms with Crippen molar-refractivity contribution < 1.29 is 14.1 Å². The number of amides is 1. The average Bonchev–Trinajstić information content (AvgIpc) is 3.11. The fourth-order valence-electron chi connectivity index (χ4n) is 2.25. The fraction of sp³-hybridized carbons (Fsp3) is 0.214. The molecular formula is C14H10ClN3O3S. The van der Waals surface area contributed by atoms with Gasteiger partial charge in [-0.05, 0) is 12.1 Å². The molecule has 0 atom stereocenters. The lowest BCUT2D eigenvalue weighted by atomic mass is 10.1. The van der Waals surface area contributed by atoms with E-state index in [-0.39, 0.29) is 17.8 Å². The Hall–Kier alpha value is -2.12. The zero-order valence-corrected chi connectivity index (χ0v) is 12.8. The number of aromatic nitrogens is 2. The van der Waals surface area contributed by atoms with Crippen LogP contribution in [0.25, 0.3) is 10.2 Å². The second-order valence-electron chi connectivity index (χ2n) is 4.89. The topological polar surface area (TPSA) is 68.5 Å². The van der Waals surface area contributed by atoms with Gasteiger partial charge in [0.1, 0.15) is 11.6 Å². The van der Waals surface area contributed by atoms with Gasteiger partial charge in [0.05, 0.1) is 29.0 Å². The van der Waals surface area contributed by atoms with Gasteiger partial charge in [0.25, 0.3) is 11.1 Å². The number of fused-ring (bicyclic) bond motifs is 1. The van der Waals surface area contributed by atoms with Crippen LogP contribution in [0.3, 0.4) is 0 Å². The van der Waals surface area contributed by atoms with Crippen molar-refractivity contribution in [1.29, 1.82) is 0 Å². The van der Waals surface area contributed by atoms with Gasteiger partial charge in [-0.1, -0.05) is 34.2 Å². The molecule has 0 N–H and O–H groups in total. The van der Waals surface area contributed by atoms with Crippen LogP contribution in [0, 0.1) is 0 Å². The molecule has 0 radical (unpaired) electrons. The molecule has 22 heavy (non-hydrogen) atoms. The van der Waals surface area contributed by atoms with Gasteiger partial charge >= 0.3 is 0 Å². The fourth-order valence-corrected chi connectivity index (χ4v) is 3.43. The van der Waals surface area contributed by atoms with Crippen LogP contribution in [0.5, 0.6) is 5.19 Å². The van der Waals surface area contributed by atoms with Crippen LogP contribution >= 0.6 is 22.9 Å². The van der Waals surface area contributed by atoms with Crippen molar-refractivity contribution in [3.63, 3.8) is 0 Å². The summed E-state index contributed by atoms with van der Waals surface area (Å²) >= 11 is 7.54. The molecule has 1 aliphatic rings. The molecule has 4 rings (SSSR count). The van der Waals surface area contributed by atoms with Crippen molar-refractivity contribution in [2.45, 2.75) is 6.10 Å². The number of halogens is 1. The normalized spacial score (nSPS) is 15.0. The van der Waals surface area contributed by atoms with E-state index in [2.05, 4.69) is 10.1 Å². The zero-order chi connectivity index (χ0) is 15.1. The maximum atomic E-state index is 12.0. The summed E-state index contributed by atoms with van der Waals surface area (Å²) in [4.78, 5) is 18.0. The molecule has 0 aliphatic carbocycles. The molecule has 112 valence electrons. The third kappa shape index (κ3) is 2.32. The van der Waals surface area contributed by atoms with Gasteiger partial charge in [-0.3, -0.25) is 4.79 Å². The van der Waals surface area contributed by atoms with Crippen LogP contribution in [0.2, 0.25) is 5.02 Å². The number of hydrogen-bond acceptors (Lipinski definition) is 6. The van der Waals surface area contributed by atoms with E-state index in [9.17, 15) is 4.79 Å². The summed E-state index contributed by atoms with van der Waals surface area (Å²) in [6, 6.07) is 7.18. The van der Waals surface area contributed by atoms with Crippen molar-refractivity contribution >= 4 is 39.1 Å². The number of carbonyl (C=O) groups excluding carboxylic acids is 1. The minimum atomic E-state index is -0.176. The third-order valence-electron chi connectivity index (χ3n) is 3.40. The number of nitrogens with zero attached hydrogens (tertiary/aromatic N) is 3. The Morgan fingerprint density at radius 2 is 2.27 bits per heavy atom. The van der Waals surface area contributed by atoms with E-state index in [0.29, 0.717) is 23.3 Å². The van der Waals surface area contributed by atoms with Crippen molar-refractivity contribution in [2.75, 3.05) is 13.1 Å². The summed E-state index contributed by atoms with van der Waals surface area (Å²) in [5.74, 6) is 0.0647. The predicted octanol–water partition coefficient (Wildman–Crippen LogP) is 2.84. The lowest BCUT2D eigenvalue weighted by Gasteiger charge is -2.37. The molecule has 2 aromatic heterocycles. The summed E-state index contributed by atoms with van der Waals surface area (Å²) in [5.41, 5.74) is 0.748. The van der Waals surface area contributed by atoms with Crippen molar-refractivity contribution in [2.24, 2.45) is 0 Å². The van der Waals surface area contributed by atoms with E-state index in [1.807, 2.05) is 12.1 Å². The largest absolute Gasteiger partial charge is 0.463 e. The smallest absolute Gasteiger partial charge is 0.292 e. The van der Waals surface area contributed by atoms with Gasteiger partial charge in [0, 0.05) is 6.07 Å². The number of rotatable bonds is 3. The number of carbonyl (C=O) groups is 1. The quantitative estimate of drug-likeness (QED) is 0.736. The highest BCUT2D eigenvalue weighted by Crippen LogP contribution is 2.33. The molecule has 3 aromatic rings. The average molecular weight is 336 g/mol. The first-order valence-corrected chi connectivity index (χ1v) is 7.82. The molecule has 6 nitrogen and oxygen atoms in total. The Balaban J connectivity index is 1.41. The van der Waals surface area contributed by atoms with E-state index < -0.39 is 0 Å². The Kier molecular flexibility index (Phi) is 3.24. The maximum Gasteiger partial charge on any atom is 0.292 e. The molecule has 3 heterocycles. The molecule has 0 bridgehead atoms. The van der Waals surface area contributed by atoms with E-state index in [4.69, 9.17) is 20.9 Å². The molecule has 0 spiro atoms. The van der Waals surface area contributed by atoms with Crippen molar-refractivity contribution in [1.82, 2.24) is 15.0 Å². The van der Waals surface area contributed by atoms with Gasteiger partial charge in [-0.25, -0.2) is 4.98 Å². The minimum Gasteiger partial charge on any atom is -0.463 e. The van der Waals surface area contributed by atoms with Gasteiger partial charge in [-0.15, -0.1) is 0 Å². The number of para-hydroxylation sites is 1. The molecule has 1 aliphatic heterocycles. The van der Waals surface area contributed by atoms with E-state index in [1.165, 1.54) is 17.5 Å². The lowest BCUT2D eigenvalue weighted by Crippen LogP contribution is -2.56. The van der Waals surface area contributed by atoms with E-state index in [1.54, 1.807) is 17.0 Å². The van der Waals surface area contributed by atoms with Crippen LogP contribution in [0.4, 0.5) is 0 Å². The van der Waals surface area contributed by atoms with Crippen molar-refractivity contribution in [3.8, 4) is 5.19 Å². The van der Waals surface area contributed by atoms with Gasteiger partial charge in [0.2, 0.25) is 5.76 Å². The molecule has 0 unspecified atom stereocenters. The Morgan fingerprint density at radius 1 is 1.41 bits per heavy atom. The highest BCUT2D eigenvalue weighted by atomic mass is 35.5. The number of benzene rings is 1. The summed E-state index contributed by atoms with van der Waals surface area (Å²) in [6.45, 7) is 1.01. The highest BCUT2D eigenvalue weighted by molar-refractivity contribution is 7.20. The molecule has 1 amide bonds. The first-order chi connectivity index (χ1) is 10.7. The van der Waals surface area contributed by atoms with Gasteiger partial charge < -0.3 is 14.2 Å². The number of thiazole rings is 1. The molecular weight excluding hydrogens is 326 g/mol. The predicted molar refractivity (Wildman–Crippen MR) is 81.5 cm³/mol. The summed E-state index contributed by atoms with van der Waals surface area (Å²) in [5, 5.41) is 4.71. The van der Waals surface area contributed by atoms with Gasteiger partial charge in [-0.2, -0.15) is 0 Å². The number of likely N-dealkylation sites (tertiary alicyclic amines) is 1. The van der Waals surface area contributed by atoms with Crippen LogP contribution in [0.15, 0.2) is 35.0 Å². The first-order valence-electron chi connectivity index (χ1n) is 6.62. The first kappa shape index (κ1) is 13.5. The van der Waals surface area contributed by atoms with Crippen LogP contribution in [0.1, 0.15) is 10.6 Å². The summed E-state index contributed by atoms with van der Waals surface area (Å²) in [7, 11) is 0. The number of ether oxygens (including phenoxy) is 1. The number of hydrogen-bond donors (Lipinski definition) is 0. The highest BCUT2D eigenvalue weighted by Gasteiger charge is 2.34. The molecule has 1 saturated heterocycles. The monoisotopic (exact) mass is 335 g/mol. The minimum absolute atomic E-state index is 0.0637. The lowest BCUT2D eigenvalue weighted by molar-refractivity contribution is 0.0149. The molecule has 0 saturated carbocycles. The van der Waals surface area contributed by atoms with Crippen LogP contribution in [-0.2, 0) is 0 Å². The second-order valence-corrected chi connectivity index (χ2v) is 6.29. The Morgan fingerprint density at radius 3 is 3.00 bits per heavy atom. The summed E-state index contributed by atoms with van der Waals surface area (Å²) < 4.78 is 11.6. The van der Waals surface area contributed by atoms with Crippen molar-refractivity contribution in [3.05, 3.63) is 41.2 Å².